The molecule has 0 bridgehead atoms. The largest absolute Gasteiger partial charge is 0.507 e. The van der Waals surface area contributed by atoms with Crippen molar-refractivity contribution in [3.05, 3.63) is 29.8 Å². The third-order valence-corrected chi connectivity index (χ3v) is 7.99. The molecule has 1 rings (SSSR count). The van der Waals surface area contributed by atoms with Crippen LogP contribution in [0, 0.1) is 0 Å². The van der Waals surface area contributed by atoms with Crippen LogP contribution < -0.4 is 5.43 Å². The maximum Gasteiger partial charge on any atom is 0.153 e. The average molecular weight is 459 g/mol. The fourth-order valence-electron chi connectivity index (χ4n) is 1.53. The molecular weight excluding hydrogens is 431 g/mol. The fourth-order valence-corrected chi connectivity index (χ4v) is 5.88. The molecule has 0 unspecified atom stereocenters. The number of benzene rings is 1. The van der Waals surface area contributed by atoms with E-state index < -0.39 is 0 Å². The molecule has 0 heterocycles. The summed E-state index contributed by atoms with van der Waals surface area (Å²) in [4.78, 5) is 0. The zero-order chi connectivity index (χ0) is 17.3. The predicted octanol–water partition coefficient (Wildman–Crippen LogP) is 5.09. The Kier molecular flexibility index (Phi) is 16.4. The van der Waals surface area contributed by atoms with Crippen molar-refractivity contribution in [1.29, 1.82) is 0 Å². The van der Waals surface area contributed by atoms with Crippen LogP contribution in [-0.2, 0) is 0 Å². The first-order valence-electron chi connectivity index (χ1n) is 8.01. The SMILES string of the molecule is CCC[CH2][Sn][CH2]CCC.CSC(=S)N/N=C/c1ccccc1O. The number of phenolic OH excluding ortho intramolecular Hbond substituents is 1. The molecule has 0 spiro atoms. The van der Waals surface area contributed by atoms with Crippen LogP contribution in [0.25, 0.3) is 0 Å². The van der Waals surface area contributed by atoms with Gasteiger partial charge in [0.2, 0.25) is 0 Å². The predicted molar refractivity (Wildman–Crippen MR) is 110 cm³/mol. The van der Waals surface area contributed by atoms with E-state index >= 15 is 0 Å². The third kappa shape index (κ3) is 13.8. The molecule has 0 saturated carbocycles. The summed E-state index contributed by atoms with van der Waals surface area (Å²) in [5, 5.41) is 13.3. The van der Waals surface area contributed by atoms with E-state index in [1.807, 2.05) is 12.3 Å². The van der Waals surface area contributed by atoms with Crippen LogP contribution in [0.4, 0.5) is 0 Å². The van der Waals surface area contributed by atoms with Gasteiger partial charge in [0, 0.05) is 5.56 Å². The minimum absolute atomic E-state index is 0.149. The van der Waals surface area contributed by atoms with Crippen LogP contribution in [0.15, 0.2) is 29.4 Å². The van der Waals surface area contributed by atoms with Gasteiger partial charge in [0.05, 0.1) is 6.21 Å². The first-order valence-corrected chi connectivity index (χ1v) is 13.7. The number of phenols is 1. The van der Waals surface area contributed by atoms with Crippen molar-refractivity contribution in [3.8, 4) is 5.75 Å². The van der Waals surface area contributed by atoms with Gasteiger partial charge in [-0.05, 0) is 18.4 Å². The molecule has 2 radical (unpaired) electrons. The Balaban J connectivity index is 0.000000468. The van der Waals surface area contributed by atoms with Crippen molar-refractivity contribution in [2.45, 2.75) is 48.4 Å². The normalized spacial score (nSPS) is 10.2. The Hall–Kier alpha value is -0.271. The van der Waals surface area contributed by atoms with Gasteiger partial charge >= 0.3 is 69.5 Å². The van der Waals surface area contributed by atoms with E-state index in [0.29, 0.717) is 9.88 Å². The number of para-hydroxylation sites is 1. The molecule has 2 N–H and O–H groups in total. The van der Waals surface area contributed by atoms with Crippen molar-refractivity contribution < 1.29 is 5.11 Å². The Labute approximate surface area is 160 Å². The van der Waals surface area contributed by atoms with E-state index in [1.165, 1.54) is 43.7 Å². The van der Waals surface area contributed by atoms with Crippen molar-refractivity contribution in [1.82, 2.24) is 5.43 Å². The van der Waals surface area contributed by atoms with Gasteiger partial charge in [-0.15, -0.1) is 0 Å². The number of thioether (sulfide) groups is 1. The van der Waals surface area contributed by atoms with Crippen molar-refractivity contribution in [2.75, 3.05) is 6.26 Å². The molecule has 23 heavy (non-hydrogen) atoms. The van der Waals surface area contributed by atoms with Gasteiger partial charge in [-0.25, -0.2) is 0 Å². The van der Waals surface area contributed by atoms with Gasteiger partial charge < -0.3 is 5.11 Å². The maximum atomic E-state index is 9.38. The molecule has 0 aliphatic rings. The summed E-state index contributed by atoms with van der Waals surface area (Å²) in [5.74, 6) is 0.202. The number of hydrogen-bond acceptors (Lipinski definition) is 4. The molecule has 0 aromatic heterocycles. The van der Waals surface area contributed by atoms with E-state index in [-0.39, 0.29) is 26.9 Å². The van der Waals surface area contributed by atoms with Crippen LogP contribution in [-0.4, -0.2) is 43.0 Å². The number of rotatable bonds is 8. The van der Waals surface area contributed by atoms with Crippen LogP contribution in [0.5, 0.6) is 5.75 Å². The Morgan fingerprint density at radius 3 is 2.39 bits per heavy atom. The molecule has 128 valence electrons. The second-order valence-electron chi connectivity index (χ2n) is 4.88. The van der Waals surface area contributed by atoms with Gasteiger partial charge in [0.1, 0.15) is 5.75 Å². The van der Waals surface area contributed by atoms with Crippen LogP contribution in [0.3, 0.4) is 0 Å². The molecule has 0 saturated heterocycles. The molecule has 0 atom stereocenters. The smallest absolute Gasteiger partial charge is 0.153 e. The molecule has 0 aliphatic heterocycles. The topological polar surface area (TPSA) is 44.6 Å². The van der Waals surface area contributed by atoms with E-state index in [9.17, 15) is 5.11 Å². The van der Waals surface area contributed by atoms with Crippen LogP contribution in [0.2, 0.25) is 8.87 Å². The maximum absolute atomic E-state index is 9.38. The molecule has 0 aliphatic carbocycles. The summed E-state index contributed by atoms with van der Waals surface area (Å²) in [6.07, 6.45) is 9.23. The molecule has 6 heteroatoms. The first-order chi connectivity index (χ1) is 11.2. The second-order valence-corrected chi connectivity index (χ2v) is 10.6. The second kappa shape index (κ2) is 16.6. The molecule has 0 amide bonds. The summed E-state index contributed by atoms with van der Waals surface area (Å²) in [5.41, 5.74) is 3.32. The Bertz CT molecular complexity index is 450. The van der Waals surface area contributed by atoms with Gasteiger partial charge in [-0.2, -0.15) is 5.10 Å². The third-order valence-electron chi connectivity index (χ3n) is 2.90. The Morgan fingerprint density at radius 2 is 1.87 bits per heavy atom. The van der Waals surface area contributed by atoms with E-state index in [0.717, 1.165) is 0 Å². The van der Waals surface area contributed by atoms with E-state index in [2.05, 4.69) is 24.4 Å². The number of unbranched alkanes of at least 4 members (excludes halogenated alkanes) is 2. The summed E-state index contributed by atoms with van der Waals surface area (Å²) >= 11 is 6.44. The standard InChI is InChI=1S/C9H10N2OS2.2C4H9.Sn/c1-14-9(13)11-10-6-7-4-2-3-5-8(7)12;2*1-3-4-2;/h2-6,12H,1H3,(H,11,13);2*1,3-4H2,2H3;/b10-6+;;;. The first kappa shape index (κ1) is 22.7. The van der Waals surface area contributed by atoms with Crippen LogP contribution in [0.1, 0.15) is 45.1 Å². The van der Waals surface area contributed by atoms with Crippen LogP contribution >= 0.6 is 24.0 Å². The molecule has 1 aromatic carbocycles. The minimum atomic E-state index is 0.149. The summed E-state index contributed by atoms with van der Waals surface area (Å²) < 4.78 is 3.84. The van der Waals surface area contributed by atoms with Gasteiger partial charge in [0.15, 0.2) is 4.32 Å². The zero-order valence-corrected chi connectivity index (χ0v) is 18.8. The fraction of sp³-hybridized carbons (Fsp3) is 0.529. The zero-order valence-electron chi connectivity index (χ0n) is 14.3. The Morgan fingerprint density at radius 1 is 1.26 bits per heavy atom. The summed E-state index contributed by atoms with van der Waals surface area (Å²) in [7, 11) is 0. The van der Waals surface area contributed by atoms with Crippen molar-refractivity contribution in [3.63, 3.8) is 0 Å². The quantitative estimate of drug-likeness (QED) is 0.187. The number of thiocarbonyl (C=S) groups is 1. The van der Waals surface area contributed by atoms with Gasteiger partial charge in [-0.3, -0.25) is 5.43 Å². The summed E-state index contributed by atoms with van der Waals surface area (Å²) in [6.45, 7) is 4.58. The van der Waals surface area contributed by atoms with Gasteiger partial charge in [-0.1, -0.05) is 36.1 Å². The van der Waals surface area contributed by atoms with Crippen molar-refractivity contribution >= 4 is 55.7 Å². The number of aromatic hydroxyl groups is 1. The minimum Gasteiger partial charge on any atom is -0.507 e. The number of hydrazone groups is 1. The number of nitrogens with zero attached hydrogens (tertiary/aromatic N) is 1. The molecule has 3 nitrogen and oxygen atoms in total. The average Bonchev–Trinajstić information content (AvgIpc) is 2.57. The number of hydrogen-bond donors (Lipinski definition) is 2. The molecule has 1 aromatic rings. The van der Waals surface area contributed by atoms with Crippen molar-refractivity contribution in [2.24, 2.45) is 5.10 Å². The van der Waals surface area contributed by atoms with Gasteiger partial charge in [0.25, 0.3) is 0 Å². The van der Waals surface area contributed by atoms with E-state index in [4.69, 9.17) is 12.2 Å². The number of nitrogens with one attached hydrogen (secondary N) is 1. The van der Waals surface area contributed by atoms with E-state index in [1.54, 1.807) is 27.1 Å². The monoisotopic (exact) mass is 460 g/mol. The molecule has 0 fully saturated rings. The molecular formula is C17H28N2OS2Sn. The summed E-state index contributed by atoms with van der Waals surface area (Å²) in [6, 6.07) is 6.96.